The van der Waals surface area contributed by atoms with Gasteiger partial charge in [0.05, 0.1) is 0 Å². The molecule has 0 aliphatic carbocycles. The number of H-pyrrole nitrogens is 1. The van der Waals surface area contributed by atoms with Crippen LogP contribution in [0.15, 0.2) is 66.7 Å². The van der Waals surface area contributed by atoms with Crippen molar-refractivity contribution in [2.75, 3.05) is 25.5 Å². The summed E-state index contributed by atoms with van der Waals surface area (Å²) in [6, 6.07) is 22.9. The van der Waals surface area contributed by atoms with Crippen molar-refractivity contribution in [1.82, 2.24) is 25.1 Å². The van der Waals surface area contributed by atoms with E-state index in [4.69, 9.17) is 9.97 Å². The van der Waals surface area contributed by atoms with Crippen molar-refractivity contribution in [1.29, 1.82) is 0 Å². The van der Waals surface area contributed by atoms with Gasteiger partial charge in [-0.2, -0.15) is 5.10 Å². The topological polar surface area (TPSA) is 69.7 Å². The number of aromatic amines is 1. The van der Waals surface area contributed by atoms with Crippen LogP contribution in [0.25, 0.3) is 22.5 Å². The first-order chi connectivity index (χ1) is 16.6. The van der Waals surface area contributed by atoms with Gasteiger partial charge in [0.2, 0.25) is 0 Å². The highest BCUT2D eigenvalue weighted by molar-refractivity contribution is 5.68. The predicted octanol–water partition coefficient (Wildman–Crippen LogP) is 6.25. The molecule has 4 rings (SSSR count). The van der Waals surface area contributed by atoms with Crippen LogP contribution in [0.2, 0.25) is 0 Å². The van der Waals surface area contributed by atoms with Crippen molar-refractivity contribution >= 4 is 11.6 Å². The number of benzene rings is 2. The summed E-state index contributed by atoms with van der Waals surface area (Å²) in [4.78, 5) is 12.1. The molecule has 2 aromatic carbocycles. The Morgan fingerprint density at radius 1 is 0.824 bits per heavy atom. The maximum atomic E-state index is 4.91. The van der Waals surface area contributed by atoms with E-state index >= 15 is 0 Å². The molecule has 0 amide bonds. The first kappa shape index (κ1) is 23.6. The minimum atomic E-state index is 0.731. The van der Waals surface area contributed by atoms with Gasteiger partial charge in [-0.3, -0.25) is 5.10 Å². The lowest BCUT2D eigenvalue weighted by atomic mass is 10.0. The van der Waals surface area contributed by atoms with E-state index in [1.54, 1.807) is 0 Å². The molecular formula is C28H34N6. The Bertz CT molecular complexity index is 1170. The van der Waals surface area contributed by atoms with Crippen LogP contribution in [0.1, 0.15) is 37.6 Å². The average molecular weight is 455 g/mol. The van der Waals surface area contributed by atoms with Gasteiger partial charge in [-0.15, -0.1) is 0 Å². The van der Waals surface area contributed by atoms with Crippen molar-refractivity contribution < 1.29 is 0 Å². The molecule has 6 heteroatoms. The van der Waals surface area contributed by atoms with Gasteiger partial charge >= 0.3 is 0 Å². The molecular weight excluding hydrogens is 420 g/mol. The van der Waals surface area contributed by atoms with Gasteiger partial charge < -0.3 is 10.2 Å². The Morgan fingerprint density at radius 2 is 1.56 bits per heavy atom. The molecule has 0 atom stereocenters. The number of nitrogens with one attached hydrogen (secondary N) is 2. The Balaban J connectivity index is 1.53. The molecule has 4 aromatic rings. The number of aryl methyl sites for hydroxylation is 2. The number of anilines is 2. The zero-order chi connectivity index (χ0) is 23.8. The Labute approximate surface area is 202 Å². The average Bonchev–Trinajstić information content (AvgIpc) is 3.27. The highest BCUT2D eigenvalue weighted by atomic mass is 15.2. The van der Waals surface area contributed by atoms with Gasteiger partial charge in [-0.1, -0.05) is 61.5 Å². The first-order valence-electron chi connectivity index (χ1n) is 12.1. The zero-order valence-electron chi connectivity index (χ0n) is 20.4. The number of nitrogens with zero attached hydrogens (tertiary/aromatic N) is 4. The third-order valence-corrected chi connectivity index (χ3v) is 5.82. The second kappa shape index (κ2) is 11.6. The monoisotopic (exact) mass is 454 g/mol. The van der Waals surface area contributed by atoms with Crippen LogP contribution in [0.4, 0.5) is 11.6 Å². The van der Waals surface area contributed by atoms with Crippen LogP contribution >= 0.6 is 0 Å². The van der Waals surface area contributed by atoms with Crippen LogP contribution in [0, 0.1) is 6.92 Å². The molecule has 0 spiro atoms. The maximum Gasteiger partial charge on any atom is 0.161 e. The SMILES string of the molecule is CCCN(C)CCCCc1cc(Nc2cc(C)[nH]n2)nc(-c2ccc(-c3ccccc3)cc2)n1. The molecule has 0 fully saturated rings. The van der Waals surface area contributed by atoms with Gasteiger partial charge in [0.25, 0.3) is 0 Å². The van der Waals surface area contributed by atoms with E-state index in [0.29, 0.717) is 0 Å². The number of unbranched alkanes of at least 4 members (excludes halogenated alkanes) is 1. The van der Waals surface area contributed by atoms with Crippen LogP contribution in [0.3, 0.4) is 0 Å². The first-order valence-corrected chi connectivity index (χ1v) is 12.1. The second-order valence-electron chi connectivity index (χ2n) is 8.83. The standard InChI is InChI=1S/C28H34N6/c1-4-17-34(3)18-9-8-12-25-20-26(30-27-19-21(2)32-33-27)31-28(29-25)24-15-13-23(14-16-24)22-10-6-5-7-11-22/h5-7,10-11,13-16,19-20H,4,8-9,12,17-18H2,1-3H3,(H2,29,30,31,32,33). The number of hydrogen-bond acceptors (Lipinski definition) is 5. The van der Waals surface area contributed by atoms with Crippen molar-refractivity contribution in [3.8, 4) is 22.5 Å². The minimum absolute atomic E-state index is 0.731. The summed E-state index contributed by atoms with van der Waals surface area (Å²) in [5, 5.41) is 10.6. The molecule has 2 aromatic heterocycles. The van der Waals surface area contributed by atoms with Gasteiger partial charge in [-0.25, -0.2) is 9.97 Å². The lowest BCUT2D eigenvalue weighted by Crippen LogP contribution is -2.20. The second-order valence-corrected chi connectivity index (χ2v) is 8.83. The summed E-state index contributed by atoms with van der Waals surface area (Å²) < 4.78 is 0. The smallest absolute Gasteiger partial charge is 0.161 e. The van der Waals surface area contributed by atoms with E-state index in [0.717, 1.165) is 66.8 Å². The fourth-order valence-electron chi connectivity index (χ4n) is 4.06. The van der Waals surface area contributed by atoms with Crippen LogP contribution in [-0.2, 0) is 6.42 Å². The fraction of sp³-hybridized carbons (Fsp3) is 0.321. The zero-order valence-corrected chi connectivity index (χ0v) is 20.4. The molecule has 0 unspecified atom stereocenters. The summed E-state index contributed by atoms with van der Waals surface area (Å²) in [6.45, 7) is 6.47. The lowest BCUT2D eigenvalue weighted by Gasteiger charge is -2.15. The Morgan fingerprint density at radius 3 is 2.26 bits per heavy atom. The third-order valence-electron chi connectivity index (χ3n) is 5.82. The van der Waals surface area contributed by atoms with E-state index in [2.05, 4.69) is 82.9 Å². The van der Waals surface area contributed by atoms with Crippen LogP contribution in [0.5, 0.6) is 0 Å². The number of aromatic nitrogens is 4. The number of hydrogen-bond donors (Lipinski definition) is 2. The molecule has 176 valence electrons. The van der Waals surface area contributed by atoms with Crippen molar-refractivity contribution in [2.24, 2.45) is 0 Å². The Kier molecular flexibility index (Phi) is 8.04. The van der Waals surface area contributed by atoms with E-state index in [9.17, 15) is 0 Å². The van der Waals surface area contributed by atoms with E-state index in [1.165, 1.54) is 17.5 Å². The number of rotatable bonds is 11. The van der Waals surface area contributed by atoms with E-state index in [-0.39, 0.29) is 0 Å². The molecule has 0 aliphatic rings. The Hall–Kier alpha value is -3.51. The van der Waals surface area contributed by atoms with E-state index in [1.807, 2.05) is 25.1 Å². The molecule has 0 saturated heterocycles. The summed E-state index contributed by atoms with van der Waals surface area (Å²) in [7, 11) is 2.19. The lowest BCUT2D eigenvalue weighted by molar-refractivity contribution is 0.326. The van der Waals surface area contributed by atoms with E-state index < -0.39 is 0 Å². The van der Waals surface area contributed by atoms with Crippen LogP contribution in [-0.4, -0.2) is 45.2 Å². The molecule has 2 heterocycles. The van der Waals surface area contributed by atoms with Gasteiger partial charge in [0, 0.05) is 29.1 Å². The molecule has 6 nitrogen and oxygen atoms in total. The summed E-state index contributed by atoms with van der Waals surface area (Å²) in [6.07, 6.45) is 4.36. The molecule has 0 saturated carbocycles. The predicted molar refractivity (Wildman–Crippen MR) is 140 cm³/mol. The molecule has 0 radical (unpaired) electrons. The quantitative estimate of drug-likeness (QED) is 0.262. The van der Waals surface area contributed by atoms with Gasteiger partial charge in [0.1, 0.15) is 5.82 Å². The molecule has 34 heavy (non-hydrogen) atoms. The van der Waals surface area contributed by atoms with Crippen molar-refractivity contribution in [3.05, 3.63) is 78.1 Å². The minimum Gasteiger partial charge on any atom is -0.323 e. The molecule has 0 bridgehead atoms. The van der Waals surface area contributed by atoms with Crippen LogP contribution < -0.4 is 5.32 Å². The normalized spacial score (nSPS) is 11.2. The summed E-state index contributed by atoms with van der Waals surface area (Å²) in [5.74, 6) is 2.26. The van der Waals surface area contributed by atoms with Crippen molar-refractivity contribution in [3.63, 3.8) is 0 Å². The highest BCUT2D eigenvalue weighted by Gasteiger charge is 2.10. The fourth-order valence-corrected chi connectivity index (χ4v) is 4.06. The third kappa shape index (κ3) is 6.51. The summed E-state index contributed by atoms with van der Waals surface area (Å²) in [5.41, 5.74) is 5.44. The van der Waals surface area contributed by atoms with Crippen molar-refractivity contribution in [2.45, 2.75) is 39.5 Å². The molecule has 0 aliphatic heterocycles. The summed E-state index contributed by atoms with van der Waals surface area (Å²) >= 11 is 0. The van der Waals surface area contributed by atoms with Gasteiger partial charge in [0.15, 0.2) is 11.6 Å². The largest absolute Gasteiger partial charge is 0.323 e. The molecule has 2 N–H and O–H groups in total. The van der Waals surface area contributed by atoms with Gasteiger partial charge in [-0.05, 0) is 63.9 Å². The highest BCUT2D eigenvalue weighted by Crippen LogP contribution is 2.25. The maximum absolute atomic E-state index is 4.91.